The van der Waals surface area contributed by atoms with Gasteiger partial charge in [0.2, 0.25) is 5.91 Å². The van der Waals surface area contributed by atoms with Crippen LogP contribution in [0.25, 0.3) is 33.4 Å². The molecule has 0 saturated heterocycles. The summed E-state index contributed by atoms with van der Waals surface area (Å²) in [4.78, 5) is 11.8. The average Bonchev–Trinajstić information content (AvgIpc) is 3.11. The molecule has 4 aromatic rings. The average molecular weight is 433 g/mol. The summed E-state index contributed by atoms with van der Waals surface area (Å²) in [6.45, 7) is 0. The molecule has 4 rings (SSSR count). The zero-order valence-corrected chi connectivity index (χ0v) is 16.5. The fraction of sp³-hybridized carbons (Fsp3) is 0.0526. The van der Waals surface area contributed by atoms with E-state index in [0.717, 1.165) is 16.7 Å². The maximum atomic E-state index is 11.8. The minimum absolute atomic E-state index is 0.187. The van der Waals surface area contributed by atoms with Crippen LogP contribution >= 0.6 is 34.8 Å². The predicted octanol–water partition coefficient (Wildman–Crippen LogP) is 5.17. The number of anilines is 1. The van der Waals surface area contributed by atoms with E-state index in [4.69, 9.17) is 34.8 Å². The minimum atomic E-state index is -0.373. The summed E-state index contributed by atoms with van der Waals surface area (Å²) >= 11 is 17.7. The van der Waals surface area contributed by atoms with E-state index < -0.39 is 0 Å². The molecule has 0 radical (unpaired) electrons. The van der Waals surface area contributed by atoms with Crippen LogP contribution in [0.3, 0.4) is 0 Å². The lowest BCUT2D eigenvalue weighted by atomic mass is 9.97. The lowest BCUT2D eigenvalue weighted by Gasteiger charge is -2.11. The summed E-state index contributed by atoms with van der Waals surface area (Å²) in [7, 11) is 0. The Morgan fingerprint density at radius 3 is 2.14 bits per heavy atom. The maximum absolute atomic E-state index is 11.8. The number of halogens is 3. The third-order valence-electron chi connectivity index (χ3n) is 4.11. The highest BCUT2D eigenvalue weighted by Crippen LogP contribution is 2.38. The van der Waals surface area contributed by atoms with Crippen LogP contribution in [0.15, 0.2) is 48.5 Å². The molecule has 2 aromatic heterocycles. The second-order valence-corrected chi connectivity index (χ2v) is 7.06. The quantitative estimate of drug-likeness (QED) is 0.436. The van der Waals surface area contributed by atoms with Gasteiger partial charge in [0.15, 0.2) is 11.5 Å². The van der Waals surface area contributed by atoms with Gasteiger partial charge < -0.3 is 5.32 Å². The number of benzene rings is 2. The van der Waals surface area contributed by atoms with Crippen LogP contribution in [0.2, 0.25) is 10.0 Å². The standard InChI is InChI=1S/C19H12Cl3N5O/c20-9-14(28)23-18-16-15(10-1-5-12(21)6-2-10)17(24-26-19(16)27-25-18)11-3-7-13(22)8-4-11/h1-8H,9H2,(H2,23,25,26,27,28). The molecule has 0 aliphatic carbocycles. The van der Waals surface area contributed by atoms with Gasteiger partial charge in [-0.2, -0.15) is 5.10 Å². The number of carbonyl (C=O) groups excluding carboxylic acids is 1. The van der Waals surface area contributed by atoms with Crippen molar-refractivity contribution in [2.24, 2.45) is 0 Å². The molecule has 0 fully saturated rings. The fourth-order valence-corrected chi connectivity index (χ4v) is 3.19. The third kappa shape index (κ3) is 3.54. The van der Waals surface area contributed by atoms with E-state index in [-0.39, 0.29) is 11.8 Å². The van der Waals surface area contributed by atoms with Crippen molar-refractivity contribution in [1.29, 1.82) is 0 Å². The number of alkyl halides is 1. The number of rotatable bonds is 4. The normalized spacial score (nSPS) is 11.0. The van der Waals surface area contributed by atoms with Crippen LogP contribution in [-0.4, -0.2) is 32.2 Å². The molecule has 1 amide bonds. The van der Waals surface area contributed by atoms with Crippen molar-refractivity contribution >= 4 is 57.6 Å². The molecule has 0 aliphatic heterocycles. The number of hydrogen-bond donors (Lipinski definition) is 2. The Balaban J connectivity index is 2.01. The molecular formula is C19H12Cl3N5O. The number of amides is 1. The van der Waals surface area contributed by atoms with Crippen molar-refractivity contribution in [3.05, 3.63) is 58.6 Å². The van der Waals surface area contributed by atoms with Crippen molar-refractivity contribution in [3.8, 4) is 22.4 Å². The summed E-state index contributed by atoms with van der Waals surface area (Å²) in [5.74, 6) is -0.231. The molecule has 9 heteroatoms. The molecule has 140 valence electrons. The van der Waals surface area contributed by atoms with Crippen LogP contribution in [0.4, 0.5) is 5.82 Å². The van der Waals surface area contributed by atoms with Crippen molar-refractivity contribution in [2.45, 2.75) is 0 Å². The lowest BCUT2D eigenvalue weighted by Crippen LogP contribution is -2.13. The summed E-state index contributed by atoms with van der Waals surface area (Å²) in [5, 5.41) is 20.1. The number of nitrogens with zero attached hydrogens (tertiary/aromatic N) is 3. The van der Waals surface area contributed by atoms with E-state index in [2.05, 4.69) is 25.7 Å². The molecule has 0 atom stereocenters. The Kier molecular flexibility index (Phi) is 5.17. The Labute approximate surface area is 174 Å². The Morgan fingerprint density at radius 1 is 0.929 bits per heavy atom. The predicted molar refractivity (Wildman–Crippen MR) is 112 cm³/mol. The summed E-state index contributed by atoms with van der Waals surface area (Å²) in [6, 6.07) is 14.6. The van der Waals surface area contributed by atoms with Gasteiger partial charge in [0.25, 0.3) is 0 Å². The topological polar surface area (TPSA) is 83.6 Å². The molecule has 6 nitrogen and oxygen atoms in total. The van der Waals surface area contributed by atoms with E-state index in [9.17, 15) is 4.79 Å². The summed E-state index contributed by atoms with van der Waals surface area (Å²) in [5.41, 5.74) is 3.47. The zero-order valence-electron chi connectivity index (χ0n) is 14.2. The number of H-pyrrole nitrogens is 1. The molecule has 0 spiro atoms. The van der Waals surface area contributed by atoms with Gasteiger partial charge in [-0.25, -0.2) is 0 Å². The minimum Gasteiger partial charge on any atom is -0.308 e. The Bertz CT molecular complexity index is 1160. The molecule has 2 heterocycles. The zero-order chi connectivity index (χ0) is 19.7. The lowest BCUT2D eigenvalue weighted by molar-refractivity contribution is -0.113. The van der Waals surface area contributed by atoms with Gasteiger partial charge in [0, 0.05) is 21.2 Å². The fourth-order valence-electron chi connectivity index (χ4n) is 2.87. The van der Waals surface area contributed by atoms with Gasteiger partial charge >= 0.3 is 0 Å². The van der Waals surface area contributed by atoms with Gasteiger partial charge in [-0.15, -0.1) is 21.8 Å². The van der Waals surface area contributed by atoms with Gasteiger partial charge in [-0.1, -0.05) is 47.5 Å². The van der Waals surface area contributed by atoms with E-state index >= 15 is 0 Å². The first-order valence-corrected chi connectivity index (χ1v) is 9.48. The molecule has 0 saturated carbocycles. The molecule has 2 aromatic carbocycles. The van der Waals surface area contributed by atoms with Crippen LogP contribution in [0.5, 0.6) is 0 Å². The highest BCUT2D eigenvalue weighted by atomic mass is 35.5. The first-order valence-electron chi connectivity index (χ1n) is 8.19. The van der Waals surface area contributed by atoms with E-state index in [1.807, 2.05) is 24.3 Å². The molecule has 0 bridgehead atoms. The number of hydrogen-bond acceptors (Lipinski definition) is 4. The Morgan fingerprint density at radius 2 is 1.54 bits per heavy atom. The van der Waals surface area contributed by atoms with Crippen LogP contribution in [-0.2, 0) is 4.79 Å². The van der Waals surface area contributed by atoms with E-state index in [1.54, 1.807) is 24.3 Å². The summed E-state index contributed by atoms with van der Waals surface area (Å²) < 4.78 is 0. The smallest absolute Gasteiger partial charge is 0.240 e. The van der Waals surface area contributed by atoms with Crippen LogP contribution < -0.4 is 5.32 Å². The van der Waals surface area contributed by atoms with Gasteiger partial charge in [-0.3, -0.25) is 9.89 Å². The largest absolute Gasteiger partial charge is 0.308 e. The van der Waals surface area contributed by atoms with Crippen LogP contribution in [0.1, 0.15) is 0 Å². The molecule has 28 heavy (non-hydrogen) atoms. The van der Waals surface area contributed by atoms with Crippen molar-refractivity contribution in [1.82, 2.24) is 20.4 Å². The number of carbonyl (C=O) groups is 1. The Hall–Kier alpha value is -2.67. The second-order valence-electron chi connectivity index (χ2n) is 5.92. The second kappa shape index (κ2) is 7.75. The molecule has 0 aliphatic rings. The number of aromatic amines is 1. The van der Waals surface area contributed by atoms with Crippen molar-refractivity contribution in [2.75, 3.05) is 11.2 Å². The van der Waals surface area contributed by atoms with E-state index in [0.29, 0.717) is 32.6 Å². The summed E-state index contributed by atoms with van der Waals surface area (Å²) in [6.07, 6.45) is 0. The van der Waals surface area contributed by atoms with Gasteiger partial charge in [0.05, 0.1) is 5.39 Å². The highest BCUT2D eigenvalue weighted by Gasteiger charge is 2.20. The molecular weight excluding hydrogens is 421 g/mol. The number of nitrogens with one attached hydrogen (secondary N) is 2. The molecule has 2 N–H and O–H groups in total. The highest BCUT2D eigenvalue weighted by molar-refractivity contribution is 6.31. The molecule has 0 unspecified atom stereocenters. The van der Waals surface area contributed by atoms with Crippen molar-refractivity contribution in [3.63, 3.8) is 0 Å². The first-order chi connectivity index (χ1) is 13.6. The SMILES string of the molecule is O=C(CCl)Nc1n[nH]c2nnc(-c3ccc(Cl)cc3)c(-c3ccc(Cl)cc3)c12. The van der Waals surface area contributed by atoms with Gasteiger partial charge in [0.1, 0.15) is 11.6 Å². The van der Waals surface area contributed by atoms with Crippen LogP contribution in [0, 0.1) is 0 Å². The maximum Gasteiger partial charge on any atom is 0.240 e. The monoisotopic (exact) mass is 431 g/mol. The number of aromatic nitrogens is 4. The third-order valence-corrected chi connectivity index (χ3v) is 4.86. The number of fused-ring (bicyclic) bond motifs is 1. The first kappa shape index (κ1) is 18.7. The van der Waals surface area contributed by atoms with E-state index in [1.165, 1.54) is 0 Å². The van der Waals surface area contributed by atoms with Crippen molar-refractivity contribution < 1.29 is 4.79 Å². The van der Waals surface area contributed by atoms with Gasteiger partial charge in [-0.05, 0) is 29.8 Å².